The zero-order chi connectivity index (χ0) is 41.1. The fraction of sp³-hybridized carbons (Fsp3) is 0.429. The Hall–Kier alpha value is -6.00. The third-order valence-corrected chi connectivity index (χ3v) is 11.4. The number of fused-ring (bicyclic) bond motifs is 3. The molecule has 58 heavy (non-hydrogen) atoms. The van der Waals surface area contributed by atoms with Gasteiger partial charge >= 0.3 is 12.2 Å². The summed E-state index contributed by atoms with van der Waals surface area (Å²) in [4.78, 5) is 71.6. The van der Waals surface area contributed by atoms with Gasteiger partial charge in [-0.1, -0.05) is 42.5 Å². The first-order valence-electron chi connectivity index (χ1n) is 19.5. The maximum absolute atomic E-state index is 13.8. The van der Waals surface area contributed by atoms with Crippen molar-refractivity contribution in [3.63, 3.8) is 0 Å². The Balaban J connectivity index is 1.07. The Kier molecular flexibility index (Phi) is 12.0. The van der Waals surface area contributed by atoms with E-state index in [2.05, 4.69) is 62.0 Å². The second kappa shape index (κ2) is 17.2. The summed E-state index contributed by atoms with van der Waals surface area (Å²) >= 11 is 0. The number of carbonyl (C=O) groups is 4. The van der Waals surface area contributed by atoms with Crippen LogP contribution in [0, 0.1) is 0 Å². The molecule has 4 N–H and O–H groups in total. The number of imidazole rings is 2. The van der Waals surface area contributed by atoms with Crippen molar-refractivity contribution in [2.45, 2.75) is 75.9 Å². The van der Waals surface area contributed by atoms with Crippen LogP contribution >= 0.6 is 0 Å². The first-order valence-corrected chi connectivity index (χ1v) is 19.5. The average Bonchev–Trinajstić information content (AvgIpc) is 4.10. The number of methoxy groups -OCH3 is 4. The van der Waals surface area contributed by atoms with Crippen molar-refractivity contribution in [3.05, 3.63) is 72.4 Å². The smallest absolute Gasteiger partial charge is 0.407 e. The number of alkyl carbamates (subject to hydrolysis) is 2. The minimum atomic E-state index is -0.907. The average molecular weight is 795 g/mol. The summed E-state index contributed by atoms with van der Waals surface area (Å²) in [7, 11) is 5.51. The number of aromatic nitrogens is 4. The molecule has 0 spiro atoms. The van der Waals surface area contributed by atoms with Crippen molar-refractivity contribution in [2.75, 3.05) is 41.5 Å². The van der Waals surface area contributed by atoms with Gasteiger partial charge in [0.2, 0.25) is 11.8 Å². The van der Waals surface area contributed by atoms with Crippen LogP contribution in [0.15, 0.2) is 60.8 Å². The van der Waals surface area contributed by atoms with Gasteiger partial charge in [-0.05, 0) is 73.7 Å². The van der Waals surface area contributed by atoms with Crippen LogP contribution in [0.5, 0.6) is 0 Å². The molecule has 0 bridgehead atoms. The molecule has 0 unspecified atom stereocenters. The largest absolute Gasteiger partial charge is 0.453 e. The molecule has 2 aliphatic heterocycles. The second-order valence-electron chi connectivity index (χ2n) is 14.8. The van der Waals surface area contributed by atoms with Gasteiger partial charge in [-0.25, -0.2) is 19.6 Å². The Labute approximate surface area is 336 Å². The van der Waals surface area contributed by atoms with Crippen LogP contribution in [-0.2, 0) is 28.5 Å². The molecule has 0 radical (unpaired) electrons. The summed E-state index contributed by atoms with van der Waals surface area (Å²) in [5.74, 6) is 0.880. The number of H-pyrrole nitrogens is 2. The molecule has 4 heterocycles. The van der Waals surface area contributed by atoms with Crippen molar-refractivity contribution in [1.82, 2.24) is 40.4 Å². The van der Waals surface area contributed by atoms with Gasteiger partial charge < -0.3 is 49.3 Å². The Morgan fingerprint density at radius 2 is 1.26 bits per heavy atom. The Morgan fingerprint density at radius 1 is 0.707 bits per heavy atom. The number of likely N-dealkylation sites (tertiary alicyclic amines) is 2. The van der Waals surface area contributed by atoms with Crippen molar-refractivity contribution in [3.8, 4) is 22.4 Å². The summed E-state index contributed by atoms with van der Waals surface area (Å²) in [5.41, 5.74) is 5.56. The van der Waals surface area contributed by atoms with Crippen molar-refractivity contribution in [2.24, 2.45) is 0 Å². The lowest BCUT2D eigenvalue weighted by atomic mass is 9.99. The van der Waals surface area contributed by atoms with Crippen LogP contribution in [0.3, 0.4) is 0 Å². The summed E-state index contributed by atoms with van der Waals surface area (Å²) in [6.07, 6.45) is 2.35. The number of amides is 4. The number of hydrogen-bond acceptors (Lipinski definition) is 10. The highest BCUT2D eigenvalue weighted by Crippen LogP contribution is 2.36. The van der Waals surface area contributed by atoms with E-state index >= 15 is 0 Å². The van der Waals surface area contributed by atoms with Crippen LogP contribution < -0.4 is 10.6 Å². The molecule has 16 heteroatoms. The SMILES string of the molecule is COC(=O)N[C@H](C(=O)N1CCC[C@H]1c1ncc(-c2ccc(-c3ccc4c(ccc5[nH]c([C@@H]6CCCN6C(=O)[C@@H](NC(=O)OC)[C@@H](C)OC)nc54)c3)cc2)[nH]1)[C@H](C)OC. The van der Waals surface area contributed by atoms with Crippen LogP contribution in [0.2, 0.25) is 0 Å². The standard InChI is InChI=1S/C42H50N8O8/c1-23(55-3)34(47-41(53)57-5)39(51)49-19-7-9-32(49)37-43-22-31(45-37)26-13-11-25(12-14-26)27-15-17-29-28(21-27)16-18-30-36(29)46-38(44-30)33-10-8-20-50(33)40(52)35(24(2)56-4)48-42(54)58-6/h11-18,21-24,32-35H,7-10,19-20H2,1-6H3,(H,43,45)(H,44,46)(H,47,53)(H,48,54)/t23-,24+,32-,33-,34-,35-/m0/s1. The van der Waals surface area contributed by atoms with Crippen molar-refractivity contribution >= 4 is 45.8 Å². The highest BCUT2D eigenvalue weighted by atomic mass is 16.5. The Bertz CT molecular complexity index is 2290. The molecular weight excluding hydrogens is 745 g/mol. The van der Waals surface area contributed by atoms with E-state index in [1.165, 1.54) is 28.4 Å². The maximum Gasteiger partial charge on any atom is 0.407 e. The molecule has 2 saturated heterocycles. The lowest BCUT2D eigenvalue weighted by Gasteiger charge is -2.30. The number of ether oxygens (including phenoxy) is 4. The van der Waals surface area contributed by atoms with Crippen LogP contribution in [0.25, 0.3) is 44.2 Å². The first-order chi connectivity index (χ1) is 28.0. The van der Waals surface area contributed by atoms with Crippen LogP contribution in [-0.4, -0.2) is 120 Å². The van der Waals surface area contributed by atoms with Crippen molar-refractivity contribution < 1.29 is 38.1 Å². The molecule has 2 fully saturated rings. The van der Waals surface area contributed by atoms with E-state index in [1.807, 2.05) is 18.2 Å². The van der Waals surface area contributed by atoms with E-state index in [0.29, 0.717) is 24.7 Å². The molecule has 2 aromatic heterocycles. The normalized spacial score (nSPS) is 18.9. The molecular formula is C42H50N8O8. The number of aromatic amines is 2. The lowest BCUT2D eigenvalue weighted by Crippen LogP contribution is -2.54. The lowest BCUT2D eigenvalue weighted by molar-refractivity contribution is -0.138. The molecule has 2 aliphatic rings. The van der Waals surface area contributed by atoms with E-state index < -0.39 is 36.5 Å². The third-order valence-electron chi connectivity index (χ3n) is 11.4. The summed E-state index contributed by atoms with van der Waals surface area (Å²) < 4.78 is 20.3. The van der Waals surface area contributed by atoms with Gasteiger partial charge in [-0.2, -0.15) is 0 Å². The molecule has 0 saturated carbocycles. The van der Waals surface area contributed by atoms with E-state index in [1.54, 1.807) is 29.8 Å². The monoisotopic (exact) mass is 794 g/mol. The molecule has 16 nitrogen and oxygen atoms in total. The number of rotatable bonds is 12. The van der Waals surface area contributed by atoms with E-state index in [-0.39, 0.29) is 23.9 Å². The van der Waals surface area contributed by atoms with Gasteiger partial charge in [0.05, 0.1) is 61.4 Å². The minimum Gasteiger partial charge on any atom is -0.453 e. The molecule has 3 aromatic carbocycles. The fourth-order valence-corrected chi connectivity index (χ4v) is 8.04. The molecule has 4 amide bonds. The number of nitrogens with zero attached hydrogens (tertiary/aromatic N) is 4. The second-order valence-corrected chi connectivity index (χ2v) is 14.8. The highest BCUT2D eigenvalue weighted by molar-refractivity contribution is 6.05. The van der Waals surface area contributed by atoms with E-state index in [0.717, 1.165) is 69.9 Å². The van der Waals surface area contributed by atoms with Gasteiger partial charge in [-0.3, -0.25) is 9.59 Å². The molecule has 6 atom stereocenters. The zero-order valence-corrected chi connectivity index (χ0v) is 33.5. The quantitative estimate of drug-likeness (QED) is 0.123. The molecule has 306 valence electrons. The molecule has 0 aliphatic carbocycles. The predicted octanol–water partition coefficient (Wildman–Crippen LogP) is 5.62. The van der Waals surface area contributed by atoms with Gasteiger partial charge in [-0.15, -0.1) is 0 Å². The number of hydrogen-bond donors (Lipinski definition) is 4. The summed E-state index contributed by atoms with van der Waals surface area (Å²) in [5, 5.41) is 7.28. The minimum absolute atomic E-state index is 0.249. The third kappa shape index (κ3) is 7.94. The van der Waals surface area contributed by atoms with Crippen LogP contribution in [0.1, 0.15) is 63.3 Å². The van der Waals surface area contributed by atoms with Crippen molar-refractivity contribution in [1.29, 1.82) is 0 Å². The number of nitrogens with one attached hydrogen (secondary N) is 4. The van der Waals surface area contributed by atoms with Gasteiger partial charge in [0.25, 0.3) is 0 Å². The van der Waals surface area contributed by atoms with Gasteiger partial charge in [0, 0.05) is 32.7 Å². The first kappa shape index (κ1) is 40.2. The van der Waals surface area contributed by atoms with E-state index in [9.17, 15) is 19.2 Å². The molecule has 7 rings (SSSR count). The van der Waals surface area contributed by atoms with Gasteiger partial charge in [0.1, 0.15) is 23.7 Å². The van der Waals surface area contributed by atoms with Gasteiger partial charge in [0.15, 0.2) is 0 Å². The predicted molar refractivity (Wildman–Crippen MR) is 216 cm³/mol. The highest BCUT2D eigenvalue weighted by Gasteiger charge is 2.40. The fourth-order valence-electron chi connectivity index (χ4n) is 8.04. The number of carbonyl (C=O) groups excluding carboxylic acids is 4. The topological polar surface area (TPSA) is 193 Å². The number of benzene rings is 3. The Morgan fingerprint density at radius 3 is 1.83 bits per heavy atom. The summed E-state index contributed by atoms with van der Waals surface area (Å²) in [6, 6.07) is 16.3. The van der Waals surface area contributed by atoms with Crippen LogP contribution in [0.4, 0.5) is 9.59 Å². The zero-order valence-electron chi connectivity index (χ0n) is 33.5. The summed E-state index contributed by atoms with van der Waals surface area (Å²) in [6.45, 7) is 4.54. The maximum atomic E-state index is 13.8. The van der Waals surface area contributed by atoms with E-state index in [4.69, 9.17) is 23.9 Å². The molecule has 5 aromatic rings.